The molecule has 0 aliphatic carbocycles. The van der Waals surface area contributed by atoms with Crippen molar-refractivity contribution >= 4 is 0 Å². The second kappa shape index (κ2) is 4.19. The largest absolute Gasteiger partial charge is 0.349 e. The average Bonchev–Trinajstić information content (AvgIpc) is 2.18. The summed E-state index contributed by atoms with van der Waals surface area (Å²) in [5.41, 5.74) is 0.173. The van der Waals surface area contributed by atoms with Crippen LogP contribution >= 0.6 is 0 Å². The van der Waals surface area contributed by atoms with Gasteiger partial charge in [0.1, 0.15) is 0 Å². The maximum Gasteiger partial charge on any atom is 0.170 e. The predicted octanol–water partition coefficient (Wildman–Crippen LogP) is 3.21. The first-order valence-electron chi connectivity index (χ1n) is 5.73. The fraction of sp³-hybridized carbons (Fsp3) is 1.00. The van der Waals surface area contributed by atoms with Crippen molar-refractivity contribution in [2.45, 2.75) is 53.2 Å². The van der Waals surface area contributed by atoms with E-state index in [1.807, 2.05) is 0 Å². The molecule has 1 atom stereocenters. The molecule has 0 saturated carbocycles. The van der Waals surface area contributed by atoms with Gasteiger partial charge in [0.15, 0.2) is 5.79 Å². The van der Waals surface area contributed by atoms with Crippen molar-refractivity contribution in [3.63, 3.8) is 0 Å². The molecule has 1 saturated heterocycles. The van der Waals surface area contributed by atoms with Crippen molar-refractivity contribution in [2.24, 2.45) is 11.3 Å². The van der Waals surface area contributed by atoms with Crippen LogP contribution in [0.15, 0.2) is 0 Å². The molecule has 84 valence electrons. The lowest BCUT2D eigenvalue weighted by Gasteiger charge is -2.46. The smallest absolute Gasteiger partial charge is 0.170 e. The normalized spacial score (nSPS) is 27.2. The van der Waals surface area contributed by atoms with Gasteiger partial charge in [0, 0.05) is 11.3 Å². The lowest BCUT2D eigenvalue weighted by atomic mass is 9.90. The van der Waals surface area contributed by atoms with Crippen molar-refractivity contribution in [1.29, 1.82) is 0 Å². The molecule has 0 aromatic rings. The molecule has 2 heteroatoms. The van der Waals surface area contributed by atoms with E-state index in [0.29, 0.717) is 5.92 Å². The van der Waals surface area contributed by atoms with Gasteiger partial charge in [-0.1, -0.05) is 34.6 Å². The van der Waals surface area contributed by atoms with Crippen molar-refractivity contribution in [3.8, 4) is 0 Å². The Morgan fingerprint density at radius 1 is 1.14 bits per heavy atom. The third-order valence-electron chi connectivity index (χ3n) is 3.27. The highest BCUT2D eigenvalue weighted by atomic mass is 16.7. The van der Waals surface area contributed by atoms with Crippen LogP contribution in [0.4, 0.5) is 0 Å². The summed E-state index contributed by atoms with van der Waals surface area (Å²) in [6, 6.07) is 0. The van der Waals surface area contributed by atoms with E-state index in [1.165, 1.54) is 0 Å². The third kappa shape index (κ3) is 2.29. The van der Waals surface area contributed by atoms with Gasteiger partial charge >= 0.3 is 0 Å². The molecular weight excluding hydrogens is 176 g/mol. The maximum absolute atomic E-state index is 5.96. The third-order valence-corrected chi connectivity index (χ3v) is 3.27. The van der Waals surface area contributed by atoms with Crippen LogP contribution < -0.4 is 0 Å². The van der Waals surface area contributed by atoms with Crippen LogP contribution in [0, 0.1) is 11.3 Å². The zero-order valence-corrected chi connectivity index (χ0v) is 10.2. The molecule has 0 N–H and O–H groups in total. The fourth-order valence-corrected chi connectivity index (χ4v) is 1.87. The second-order valence-corrected chi connectivity index (χ2v) is 5.22. The molecule has 2 nitrogen and oxygen atoms in total. The van der Waals surface area contributed by atoms with Gasteiger partial charge < -0.3 is 9.47 Å². The van der Waals surface area contributed by atoms with E-state index in [2.05, 4.69) is 34.6 Å². The fourth-order valence-electron chi connectivity index (χ4n) is 1.87. The van der Waals surface area contributed by atoms with Gasteiger partial charge in [-0.25, -0.2) is 0 Å². The molecule has 1 aliphatic rings. The van der Waals surface area contributed by atoms with Crippen LogP contribution in [-0.4, -0.2) is 19.0 Å². The Bertz CT molecular complexity index is 177. The molecule has 1 fully saturated rings. The van der Waals surface area contributed by atoms with Gasteiger partial charge in [0.2, 0.25) is 0 Å². The molecule has 0 amide bonds. The second-order valence-electron chi connectivity index (χ2n) is 5.22. The van der Waals surface area contributed by atoms with E-state index < -0.39 is 0 Å². The highest BCUT2D eigenvalue weighted by Crippen LogP contribution is 2.37. The molecule has 0 bridgehead atoms. The topological polar surface area (TPSA) is 18.5 Å². The SMILES string of the molecule is CCC(C)C1(CC)OCC(C)(C)CO1. The summed E-state index contributed by atoms with van der Waals surface area (Å²) in [7, 11) is 0. The van der Waals surface area contributed by atoms with E-state index in [4.69, 9.17) is 9.47 Å². The lowest BCUT2D eigenvalue weighted by molar-refractivity contribution is -0.321. The molecule has 1 rings (SSSR count). The summed E-state index contributed by atoms with van der Waals surface area (Å²) < 4.78 is 11.9. The van der Waals surface area contributed by atoms with Crippen LogP contribution in [-0.2, 0) is 9.47 Å². The van der Waals surface area contributed by atoms with Crippen LogP contribution in [0.3, 0.4) is 0 Å². The van der Waals surface area contributed by atoms with Crippen LogP contribution in [0.5, 0.6) is 0 Å². The summed E-state index contributed by atoms with van der Waals surface area (Å²) in [4.78, 5) is 0. The molecule has 1 heterocycles. The van der Waals surface area contributed by atoms with Gasteiger partial charge in [-0.15, -0.1) is 0 Å². The summed E-state index contributed by atoms with van der Waals surface area (Å²) in [5, 5.41) is 0. The first-order valence-corrected chi connectivity index (χ1v) is 5.73. The molecular formula is C12H24O2. The molecule has 1 aliphatic heterocycles. The Morgan fingerprint density at radius 2 is 1.64 bits per heavy atom. The summed E-state index contributed by atoms with van der Waals surface area (Å²) in [5.74, 6) is 0.160. The van der Waals surface area contributed by atoms with E-state index in [0.717, 1.165) is 26.1 Å². The summed E-state index contributed by atoms with van der Waals surface area (Å²) in [6.45, 7) is 12.5. The number of rotatable bonds is 3. The summed E-state index contributed by atoms with van der Waals surface area (Å²) >= 11 is 0. The zero-order valence-electron chi connectivity index (χ0n) is 10.2. The van der Waals surface area contributed by atoms with Gasteiger partial charge in [0.05, 0.1) is 13.2 Å². The molecule has 0 radical (unpaired) electrons. The first kappa shape index (κ1) is 12.0. The molecule has 0 aromatic heterocycles. The first-order chi connectivity index (χ1) is 6.46. The van der Waals surface area contributed by atoms with Crippen molar-refractivity contribution in [3.05, 3.63) is 0 Å². The molecule has 1 unspecified atom stereocenters. The van der Waals surface area contributed by atoms with Gasteiger partial charge in [0.25, 0.3) is 0 Å². The van der Waals surface area contributed by atoms with Gasteiger partial charge in [-0.2, -0.15) is 0 Å². The zero-order chi connectivity index (χ0) is 10.8. The molecule has 0 spiro atoms. The Kier molecular flexibility index (Phi) is 3.59. The maximum atomic E-state index is 5.96. The molecule has 14 heavy (non-hydrogen) atoms. The Labute approximate surface area is 88.0 Å². The van der Waals surface area contributed by atoms with Gasteiger partial charge in [-0.05, 0) is 12.8 Å². The minimum absolute atomic E-state index is 0.173. The average molecular weight is 200 g/mol. The van der Waals surface area contributed by atoms with Crippen molar-refractivity contribution in [2.75, 3.05) is 13.2 Å². The quantitative estimate of drug-likeness (QED) is 0.696. The minimum Gasteiger partial charge on any atom is -0.349 e. The molecule has 0 aromatic carbocycles. The Hall–Kier alpha value is -0.0800. The monoisotopic (exact) mass is 200 g/mol. The van der Waals surface area contributed by atoms with E-state index in [1.54, 1.807) is 0 Å². The minimum atomic E-state index is -0.315. The van der Waals surface area contributed by atoms with E-state index >= 15 is 0 Å². The number of hydrogen-bond acceptors (Lipinski definition) is 2. The van der Waals surface area contributed by atoms with E-state index in [9.17, 15) is 0 Å². The van der Waals surface area contributed by atoms with Crippen LogP contribution in [0.2, 0.25) is 0 Å². The van der Waals surface area contributed by atoms with Crippen molar-refractivity contribution < 1.29 is 9.47 Å². The van der Waals surface area contributed by atoms with Gasteiger partial charge in [-0.3, -0.25) is 0 Å². The van der Waals surface area contributed by atoms with Crippen LogP contribution in [0.1, 0.15) is 47.5 Å². The Morgan fingerprint density at radius 3 is 2.00 bits per heavy atom. The number of ether oxygens (including phenoxy) is 2. The van der Waals surface area contributed by atoms with Crippen LogP contribution in [0.25, 0.3) is 0 Å². The number of hydrogen-bond donors (Lipinski definition) is 0. The lowest BCUT2D eigenvalue weighted by Crippen LogP contribution is -2.50. The Balaban J connectivity index is 2.66. The highest BCUT2D eigenvalue weighted by Gasteiger charge is 2.42. The van der Waals surface area contributed by atoms with E-state index in [-0.39, 0.29) is 11.2 Å². The highest BCUT2D eigenvalue weighted by molar-refractivity contribution is 4.82. The van der Waals surface area contributed by atoms with Crippen molar-refractivity contribution in [1.82, 2.24) is 0 Å². The summed E-state index contributed by atoms with van der Waals surface area (Å²) in [6.07, 6.45) is 2.05. The predicted molar refractivity (Wildman–Crippen MR) is 58.2 cm³/mol. The standard InChI is InChI=1S/C12H24O2/c1-6-10(3)12(7-2)13-8-11(4,5)9-14-12/h10H,6-9H2,1-5H3.